The zero-order chi connectivity index (χ0) is 13.5. The summed E-state index contributed by atoms with van der Waals surface area (Å²) in [5.74, 6) is 0.683. The first kappa shape index (κ1) is 11.7. The summed E-state index contributed by atoms with van der Waals surface area (Å²) >= 11 is 1.54. The van der Waals surface area contributed by atoms with Gasteiger partial charge in [-0.05, 0) is 36.3 Å². The zero-order valence-electron chi connectivity index (χ0n) is 10.5. The maximum Gasteiger partial charge on any atom is 0.145 e. The molecule has 5 heteroatoms. The molecule has 0 amide bonds. The largest absolute Gasteiger partial charge is 0.325 e. The summed E-state index contributed by atoms with van der Waals surface area (Å²) in [5.41, 5.74) is 6.12. The van der Waals surface area contributed by atoms with Gasteiger partial charge < -0.3 is 4.90 Å². The lowest BCUT2D eigenvalue weighted by atomic mass is 10.1. The fraction of sp³-hybridized carbons (Fsp3) is 0.133. The highest BCUT2D eigenvalue weighted by molar-refractivity contribution is 8.02. The fourth-order valence-corrected chi connectivity index (χ4v) is 3.24. The SMILES string of the molecule is Fc1ccc2c(c1)CCN2c1ncnc2c1C=C=CS2. The van der Waals surface area contributed by atoms with Crippen molar-refractivity contribution >= 4 is 29.3 Å². The van der Waals surface area contributed by atoms with Crippen molar-refractivity contribution in [1.82, 2.24) is 9.97 Å². The molecule has 0 bridgehead atoms. The number of halogens is 1. The van der Waals surface area contributed by atoms with Crippen LogP contribution in [0, 0.1) is 5.82 Å². The van der Waals surface area contributed by atoms with Crippen LogP contribution >= 0.6 is 11.8 Å². The van der Waals surface area contributed by atoms with Crippen molar-refractivity contribution in [3.8, 4) is 0 Å². The van der Waals surface area contributed by atoms with E-state index in [0.29, 0.717) is 0 Å². The van der Waals surface area contributed by atoms with Gasteiger partial charge >= 0.3 is 0 Å². The van der Waals surface area contributed by atoms with Crippen molar-refractivity contribution in [3.63, 3.8) is 0 Å². The molecule has 0 fully saturated rings. The van der Waals surface area contributed by atoms with Gasteiger partial charge in [0.1, 0.15) is 23.0 Å². The fourth-order valence-electron chi connectivity index (χ4n) is 2.60. The highest BCUT2D eigenvalue weighted by Crippen LogP contribution is 2.38. The zero-order valence-corrected chi connectivity index (χ0v) is 11.3. The van der Waals surface area contributed by atoms with E-state index < -0.39 is 0 Å². The van der Waals surface area contributed by atoms with Crippen molar-refractivity contribution in [1.29, 1.82) is 0 Å². The molecule has 4 rings (SSSR count). The van der Waals surface area contributed by atoms with E-state index in [1.54, 1.807) is 24.2 Å². The lowest BCUT2D eigenvalue weighted by Crippen LogP contribution is -2.17. The molecule has 0 atom stereocenters. The number of anilines is 2. The van der Waals surface area contributed by atoms with E-state index in [9.17, 15) is 4.39 Å². The summed E-state index contributed by atoms with van der Waals surface area (Å²) in [5, 5.41) is 2.82. The van der Waals surface area contributed by atoms with Gasteiger partial charge in [-0.3, -0.25) is 0 Å². The molecule has 0 saturated carbocycles. The van der Waals surface area contributed by atoms with Crippen LogP contribution in [0.4, 0.5) is 15.9 Å². The van der Waals surface area contributed by atoms with Gasteiger partial charge in [0.05, 0.1) is 5.56 Å². The van der Waals surface area contributed by atoms with Gasteiger partial charge in [-0.2, -0.15) is 0 Å². The van der Waals surface area contributed by atoms with Crippen molar-refractivity contribution in [2.75, 3.05) is 11.4 Å². The standard InChI is InChI=1S/C15H10FN3S/c16-11-3-4-13-10(8-11)5-6-19(13)14-12-2-1-7-20-15(12)18-9-17-14/h2-4,7-9H,5-6H2. The molecule has 20 heavy (non-hydrogen) atoms. The summed E-state index contributed by atoms with van der Waals surface area (Å²) < 4.78 is 13.3. The van der Waals surface area contributed by atoms with E-state index in [2.05, 4.69) is 20.6 Å². The third kappa shape index (κ3) is 1.75. The quantitative estimate of drug-likeness (QED) is 0.591. The predicted molar refractivity (Wildman–Crippen MR) is 77.5 cm³/mol. The molecule has 98 valence electrons. The third-order valence-electron chi connectivity index (χ3n) is 3.49. The Kier molecular flexibility index (Phi) is 2.62. The summed E-state index contributed by atoms with van der Waals surface area (Å²) in [6, 6.07) is 4.92. The molecule has 0 N–H and O–H groups in total. The molecule has 0 saturated heterocycles. The van der Waals surface area contributed by atoms with Crippen molar-refractivity contribution in [3.05, 3.63) is 52.6 Å². The van der Waals surface area contributed by atoms with Crippen LogP contribution in [-0.2, 0) is 6.42 Å². The Morgan fingerprint density at radius 2 is 2.25 bits per heavy atom. The number of benzene rings is 1. The Bertz CT molecular complexity index is 766. The lowest BCUT2D eigenvalue weighted by Gasteiger charge is -2.21. The normalized spacial score (nSPS) is 15.3. The number of nitrogens with zero attached hydrogens (tertiary/aromatic N) is 3. The van der Waals surface area contributed by atoms with Gasteiger partial charge in [0.25, 0.3) is 0 Å². The van der Waals surface area contributed by atoms with E-state index in [-0.39, 0.29) is 5.82 Å². The molecule has 2 aliphatic heterocycles. The Morgan fingerprint density at radius 3 is 3.20 bits per heavy atom. The smallest absolute Gasteiger partial charge is 0.145 e. The molecule has 0 aliphatic carbocycles. The minimum Gasteiger partial charge on any atom is -0.325 e. The van der Waals surface area contributed by atoms with Crippen LogP contribution in [-0.4, -0.2) is 16.5 Å². The molecule has 1 aromatic carbocycles. The van der Waals surface area contributed by atoms with Crippen LogP contribution in [0.1, 0.15) is 11.1 Å². The van der Waals surface area contributed by atoms with Gasteiger partial charge in [0.15, 0.2) is 0 Å². The predicted octanol–water partition coefficient (Wildman–Crippen LogP) is 3.54. The highest BCUT2D eigenvalue weighted by Gasteiger charge is 2.25. The molecule has 0 unspecified atom stereocenters. The monoisotopic (exact) mass is 283 g/mol. The first-order chi connectivity index (χ1) is 9.83. The minimum absolute atomic E-state index is 0.186. The minimum atomic E-state index is -0.186. The lowest BCUT2D eigenvalue weighted by molar-refractivity contribution is 0.626. The molecular weight excluding hydrogens is 273 g/mol. The molecule has 0 spiro atoms. The van der Waals surface area contributed by atoms with Crippen LogP contribution in [0.2, 0.25) is 0 Å². The van der Waals surface area contributed by atoms with Gasteiger partial charge in [-0.15, -0.1) is 5.73 Å². The summed E-state index contributed by atoms with van der Waals surface area (Å²) in [6.45, 7) is 0.810. The van der Waals surface area contributed by atoms with E-state index in [1.165, 1.54) is 6.07 Å². The van der Waals surface area contributed by atoms with Crippen LogP contribution in [0.3, 0.4) is 0 Å². The Labute approximate surface area is 119 Å². The molecule has 2 aliphatic rings. The van der Waals surface area contributed by atoms with Crippen molar-refractivity contribution in [2.24, 2.45) is 0 Å². The van der Waals surface area contributed by atoms with E-state index in [0.717, 1.165) is 40.6 Å². The number of thioether (sulfide) groups is 1. The number of hydrogen-bond donors (Lipinski definition) is 0. The Hall–Kier alpha value is -2.10. The van der Waals surface area contributed by atoms with Crippen molar-refractivity contribution in [2.45, 2.75) is 11.4 Å². The topological polar surface area (TPSA) is 29.0 Å². The van der Waals surface area contributed by atoms with Crippen LogP contribution in [0.5, 0.6) is 0 Å². The number of hydrogen-bond acceptors (Lipinski definition) is 4. The van der Waals surface area contributed by atoms with Crippen LogP contribution in [0.25, 0.3) is 6.08 Å². The Morgan fingerprint density at radius 1 is 1.30 bits per heavy atom. The first-order valence-corrected chi connectivity index (χ1v) is 7.19. The maximum absolute atomic E-state index is 13.3. The molecular formula is C15H10FN3S. The molecule has 3 nitrogen and oxygen atoms in total. The van der Waals surface area contributed by atoms with E-state index >= 15 is 0 Å². The van der Waals surface area contributed by atoms with Gasteiger partial charge in [0, 0.05) is 17.6 Å². The Balaban J connectivity index is 1.86. The summed E-state index contributed by atoms with van der Waals surface area (Å²) in [7, 11) is 0. The van der Waals surface area contributed by atoms with E-state index in [1.807, 2.05) is 17.6 Å². The highest BCUT2D eigenvalue weighted by atomic mass is 32.2. The molecule has 3 heterocycles. The number of aromatic nitrogens is 2. The van der Waals surface area contributed by atoms with Gasteiger partial charge in [-0.1, -0.05) is 11.8 Å². The second kappa shape index (κ2) is 4.47. The van der Waals surface area contributed by atoms with Gasteiger partial charge in [0.2, 0.25) is 0 Å². The molecule has 1 aromatic heterocycles. The summed E-state index contributed by atoms with van der Waals surface area (Å²) in [4.78, 5) is 10.8. The second-order valence-corrected chi connectivity index (χ2v) is 5.50. The maximum atomic E-state index is 13.3. The summed E-state index contributed by atoms with van der Waals surface area (Å²) in [6.07, 6.45) is 4.32. The average Bonchev–Trinajstić information content (AvgIpc) is 2.89. The molecule has 0 radical (unpaired) electrons. The van der Waals surface area contributed by atoms with Crippen LogP contribution in [0.15, 0.2) is 40.7 Å². The molecule has 2 aromatic rings. The second-order valence-electron chi connectivity index (χ2n) is 4.64. The van der Waals surface area contributed by atoms with Gasteiger partial charge in [-0.25, -0.2) is 14.4 Å². The first-order valence-electron chi connectivity index (χ1n) is 6.31. The average molecular weight is 283 g/mol. The van der Waals surface area contributed by atoms with Crippen molar-refractivity contribution < 1.29 is 4.39 Å². The number of rotatable bonds is 1. The third-order valence-corrected chi connectivity index (χ3v) is 4.29. The number of fused-ring (bicyclic) bond motifs is 2. The van der Waals surface area contributed by atoms with Crippen LogP contribution < -0.4 is 4.90 Å². The van der Waals surface area contributed by atoms with E-state index in [4.69, 9.17) is 0 Å².